The van der Waals surface area contributed by atoms with Crippen LogP contribution in [0.5, 0.6) is 0 Å². The first kappa shape index (κ1) is 43.6. The number of hydrogen-bond donors (Lipinski definition) is 0. The van der Waals surface area contributed by atoms with Gasteiger partial charge < -0.3 is 47.4 Å². The molecule has 0 aromatic heterocycles. The smallest absolute Gasteiger partial charge is 0.333 e. The van der Waals surface area contributed by atoms with Crippen molar-refractivity contribution >= 4 is 47.8 Å². The van der Waals surface area contributed by atoms with Crippen molar-refractivity contribution in [1.82, 2.24) is 0 Å². The third-order valence-corrected chi connectivity index (χ3v) is 7.61. The second-order valence-corrected chi connectivity index (χ2v) is 11.5. The van der Waals surface area contributed by atoms with Gasteiger partial charge in [-0.15, -0.1) is 0 Å². The molecule has 0 amide bonds. The van der Waals surface area contributed by atoms with Crippen molar-refractivity contribution in [3.8, 4) is 0 Å². The van der Waals surface area contributed by atoms with Crippen molar-refractivity contribution in [3.63, 3.8) is 0 Å². The summed E-state index contributed by atoms with van der Waals surface area (Å²) in [7, 11) is 0. The van der Waals surface area contributed by atoms with Crippen LogP contribution in [0.25, 0.3) is 0 Å². The van der Waals surface area contributed by atoms with Gasteiger partial charge in [0, 0.05) is 50.7 Å². The third-order valence-electron chi connectivity index (χ3n) is 7.61. The second-order valence-electron chi connectivity index (χ2n) is 11.5. The van der Waals surface area contributed by atoms with Crippen molar-refractivity contribution < 1.29 is 85.7 Å². The molecule has 2 aliphatic heterocycles. The number of ether oxygens (including phenoxy) is 10. The molecular weight excluding hydrogens is 696 g/mol. The summed E-state index contributed by atoms with van der Waals surface area (Å²) in [5, 5.41) is 0. The zero-order valence-electron chi connectivity index (χ0n) is 30.5. The van der Waals surface area contributed by atoms with Crippen molar-refractivity contribution in [2.45, 2.75) is 155 Å². The first-order valence-electron chi connectivity index (χ1n) is 17.2. The average molecular weight is 745 g/mol. The van der Waals surface area contributed by atoms with E-state index in [0.29, 0.717) is 12.2 Å². The maximum absolute atomic E-state index is 13.0. The Kier molecular flexibility index (Phi) is 17.7. The molecule has 2 fully saturated rings. The number of esters is 8. The maximum Gasteiger partial charge on any atom is 0.333 e. The lowest BCUT2D eigenvalue weighted by Gasteiger charge is -2.43. The van der Waals surface area contributed by atoms with Crippen LogP contribution in [0, 0.1) is 0 Å². The normalized spacial score (nSPS) is 28.5. The molecule has 0 radical (unpaired) electrons. The van der Waals surface area contributed by atoms with E-state index in [1.165, 1.54) is 41.5 Å². The van der Waals surface area contributed by atoms with Crippen LogP contribution in [0.15, 0.2) is 12.2 Å². The molecule has 2 aliphatic rings. The van der Waals surface area contributed by atoms with Gasteiger partial charge in [0.2, 0.25) is 24.8 Å². The molecule has 0 aromatic carbocycles. The summed E-state index contributed by atoms with van der Waals surface area (Å²) in [4.78, 5) is 99.7. The van der Waals surface area contributed by atoms with Gasteiger partial charge in [0.25, 0.3) is 0 Å². The molecule has 0 aromatic rings. The molecular formula is C34H48O18. The molecule has 2 rings (SSSR count). The van der Waals surface area contributed by atoms with Gasteiger partial charge in [0.05, 0.1) is 12.2 Å². The van der Waals surface area contributed by atoms with Gasteiger partial charge in [-0.2, -0.15) is 0 Å². The molecule has 0 spiro atoms. The van der Waals surface area contributed by atoms with E-state index in [1.807, 2.05) is 0 Å². The van der Waals surface area contributed by atoms with Crippen LogP contribution in [0.1, 0.15) is 93.9 Å². The Morgan fingerprint density at radius 2 is 0.615 bits per heavy atom. The largest absolute Gasteiger partial charge is 0.455 e. The van der Waals surface area contributed by atoms with E-state index in [-0.39, 0.29) is 38.5 Å². The summed E-state index contributed by atoms with van der Waals surface area (Å²) < 4.78 is 54.9. The molecule has 2 heterocycles. The van der Waals surface area contributed by atoms with Gasteiger partial charge in [-0.05, 0) is 13.8 Å². The quantitative estimate of drug-likeness (QED) is 0.125. The summed E-state index contributed by atoms with van der Waals surface area (Å²) in [6, 6.07) is 0. The topological polar surface area (TPSA) is 229 Å². The van der Waals surface area contributed by atoms with E-state index >= 15 is 0 Å². The molecule has 0 N–H and O–H groups in total. The van der Waals surface area contributed by atoms with E-state index in [2.05, 4.69) is 0 Å². The number of rotatable bonds is 16. The molecule has 52 heavy (non-hydrogen) atoms. The minimum Gasteiger partial charge on any atom is -0.455 e. The van der Waals surface area contributed by atoms with Gasteiger partial charge in [-0.3, -0.25) is 28.8 Å². The summed E-state index contributed by atoms with van der Waals surface area (Å²) in [5.74, 6) is -6.76. The Morgan fingerprint density at radius 1 is 0.385 bits per heavy atom. The fourth-order valence-corrected chi connectivity index (χ4v) is 4.83. The fourth-order valence-electron chi connectivity index (χ4n) is 4.83. The van der Waals surface area contributed by atoms with Gasteiger partial charge >= 0.3 is 47.8 Å². The van der Waals surface area contributed by atoms with Crippen molar-refractivity contribution in [3.05, 3.63) is 12.2 Å². The van der Waals surface area contributed by atoms with Crippen LogP contribution in [0.3, 0.4) is 0 Å². The number of carbonyl (C=O) groups is 8. The van der Waals surface area contributed by atoms with Crippen molar-refractivity contribution in [2.24, 2.45) is 0 Å². The van der Waals surface area contributed by atoms with E-state index in [4.69, 9.17) is 47.4 Å². The van der Waals surface area contributed by atoms with Crippen LogP contribution >= 0.6 is 0 Å². The van der Waals surface area contributed by atoms with Crippen LogP contribution in [-0.2, 0) is 85.7 Å². The van der Waals surface area contributed by atoms with Crippen LogP contribution < -0.4 is 0 Å². The summed E-state index contributed by atoms with van der Waals surface area (Å²) >= 11 is 0. The first-order valence-corrected chi connectivity index (χ1v) is 17.2. The molecule has 0 aliphatic carbocycles. The Balaban J connectivity index is 2.33. The SMILES string of the molecule is CCC(=O)O[C@@H]1[C@@H](OC(=O)CC)[C@H](C)O[C@@H](OC(=O)/C=C/C(=O)O[C@@H]2O[C@@H](C)[C@H](OC(=O)CC)[C@@H](OC(=O)CC)[C@H]2OC(=O)CC)[C@@H]1OC(=O)CC. The molecule has 18 heteroatoms. The van der Waals surface area contributed by atoms with E-state index < -0.39 is 109 Å². The fraction of sp³-hybridized carbons (Fsp3) is 0.706. The molecule has 292 valence electrons. The average Bonchev–Trinajstić information content (AvgIpc) is 3.12. The summed E-state index contributed by atoms with van der Waals surface area (Å²) in [6.07, 6.45) is -13.1. The highest BCUT2D eigenvalue weighted by molar-refractivity contribution is 5.91. The molecule has 2 saturated heterocycles. The summed E-state index contributed by atoms with van der Waals surface area (Å²) in [5.41, 5.74) is 0. The number of carbonyl (C=O) groups excluding carboxylic acids is 8. The Morgan fingerprint density at radius 3 is 0.865 bits per heavy atom. The monoisotopic (exact) mass is 744 g/mol. The van der Waals surface area contributed by atoms with Gasteiger partial charge in [-0.25, -0.2) is 9.59 Å². The zero-order chi connectivity index (χ0) is 39.1. The Labute approximate surface area is 301 Å². The maximum atomic E-state index is 13.0. The highest BCUT2D eigenvalue weighted by Gasteiger charge is 2.53. The predicted molar refractivity (Wildman–Crippen MR) is 171 cm³/mol. The van der Waals surface area contributed by atoms with Crippen LogP contribution in [-0.4, -0.2) is 109 Å². The van der Waals surface area contributed by atoms with E-state index in [9.17, 15) is 38.4 Å². The van der Waals surface area contributed by atoms with Crippen LogP contribution in [0.2, 0.25) is 0 Å². The molecule has 10 atom stereocenters. The third kappa shape index (κ3) is 12.6. The van der Waals surface area contributed by atoms with Gasteiger partial charge in [-0.1, -0.05) is 41.5 Å². The lowest BCUT2D eigenvalue weighted by atomic mass is 9.98. The Hall–Kier alpha value is -4.58. The molecule has 0 unspecified atom stereocenters. The molecule has 0 saturated carbocycles. The van der Waals surface area contributed by atoms with Crippen LogP contribution in [0.4, 0.5) is 0 Å². The number of hydrogen-bond acceptors (Lipinski definition) is 18. The lowest BCUT2D eigenvalue weighted by molar-refractivity contribution is -0.293. The van der Waals surface area contributed by atoms with Gasteiger partial charge in [0.15, 0.2) is 24.4 Å². The summed E-state index contributed by atoms with van der Waals surface area (Å²) in [6.45, 7) is 12.0. The van der Waals surface area contributed by atoms with Crippen molar-refractivity contribution in [1.29, 1.82) is 0 Å². The second kappa shape index (κ2) is 21.1. The highest BCUT2D eigenvalue weighted by Crippen LogP contribution is 2.32. The standard InChI is InChI=1S/C34H48O18/c1-9-19(35)45-27-17(7)43-33(31(49-23(39)13-5)29(27)47-21(37)11-3)51-25(41)15-16-26(42)52-34-32(50-24(40)14-6)30(48-22(38)12-4)28(18(8)44-34)46-20(36)10-2/h15-18,27-34H,9-14H2,1-8H3/b16-15+/t17-,18-,27-,28-,29+,30+,31+,32+,33-,34-/m0/s1. The minimum absolute atomic E-state index is 0.0274. The first-order chi connectivity index (χ1) is 24.6. The lowest BCUT2D eigenvalue weighted by Crippen LogP contribution is -2.61. The molecule has 0 bridgehead atoms. The highest BCUT2D eigenvalue weighted by atomic mass is 16.8. The Bertz CT molecular complexity index is 1230. The van der Waals surface area contributed by atoms with E-state index in [0.717, 1.165) is 0 Å². The molecule has 18 nitrogen and oxygen atoms in total. The van der Waals surface area contributed by atoms with E-state index in [1.54, 1.807) is 13.8 Å². The zero-order valence-corrected chi connectivity index (χ0v) is 30.5. The van der Waals surface area contributed by atoms with Gasteiger partial charge in [0.1, 0.15) is 0 Å². The predicted octanol–water partition coefficient (Wildman–Crippen LogP) is 2.05. The van der Waals surface area contributed by atoms with Crippen molar-refractivity contribution in [2.75, 3.05) is 0 Å². The minimum atomic E-state index is -1.69.